The number of hydrogen-bond acceptors (Lipinski definition) is 1. The van der Waals surface area contributed by atoms with Gasteiger partial charge in [-0.25, -0.2) is 0 Å². The molecule has 2 aromatic carbocycles. The molecule has 0 fully saturated rings. The lowest BCUT2D eigenvalue weighted by molar-refractivity contribution is 0.265. The van der Waals surface area contributed by atoms with Crippen LogP contribution in [0, 0.1) is 0 Å². The molecule has 0 bridgehead atoms. The summed E-state index contributed by atoms with van der Waals surface area (Å²) in [5.41, 5.74) is 0. The third-order valence-electron chi connectivity index (χ3n) is 3.35. The SMILES string of the molecule is CC.CC(C)OS(c1ccccc1)(c1ccccc1)C(C)(C)C. The Morgan fingerprint density at radius 3 is 1.35 bits per heavy atom. The van der Waals surface area contributed by atoms with Gasteiger partial charge in [-0.1, -0.05) is 60.6 Å². The first-order valence-electron chi connectivity index (χ1n) is 8.49. The van der Waals surface area contributed by atoms with Crippen molar-refractivity contribution >= 4 is 10.3 Å². The molecule has 2 aromatic rings. The quantitative estimate of drug-likeness (QED) is 0.581. The second-order valence-corrected chi connectivity index (χ2v) is 9.91. The topological polar surface area (TPSA) is 9.23 Å². The average Bonchev–Trinajstić information content (AvgIpc) is 2.55. The average molecular weight is 333 g/mol. The van der Waals surface area contributed by atoms with Crippen LogP contribution in [-0.2, 0) is 4.18 Å². The Bertz CT molecular complexity index is 516. The van der Waals surface area contributed by atoms with E-state index < -0.39 is 10.3 Å². The van der Waals surface area contributed by atoms with Crippen molar-refractivity contribution < 1.29 is 4.18 Å². The van der Waals surface area contributed by atoms with Crippen LogP contribution in [0.15, 0.2) is 70.5 Å². The fraction of sp³-hybridized carbons (Fsp3) is 0.429. The van der Waals surface area contributed by atoms with E-state index in [1.807, 2.05) is 13.8 Å². The van der Waals surface area contributed by atoms with Gasteiger partial charge in [0.05, 0.1) is 6.10 Å². The molecule has 128 valence electrons. The van der Waals surface area contributed by atoms with Crippen molar-refractivity contribution in [1.82, 2.24) is 0 Å². The smallest absolute Gasteiger partial charge is 0.0653 e. The van der Waals surface area contributed by atoms with E-state index in [4.69, 9.17) is 4.18 Å². The first kappa shape index (κ1) is 19.8. The summed E-state index contributed by atoms with van der Waals surface area (Å²) in [5, 5.41) is 0. The minimum Gasteiger partial charge on any atom is -0.325 e. The van der Waals surface area contributed by atoms with Crippen LogP contribution in [0.3, 0.4) is 0 Å². The highest BCUT2D eigenvalue weighted by Crippen LogP contribution is 2.71. The molecule has 0 amide bonds. The second-order valence-electron chi connectivity index (χ2n) is 6.44. The molecule has 0 atom stereocenters. The molecular formula is C21H32OS. The molecule has 0 aliphatic rings. The molecule has 0 aliphatic carbocycles. The first-order valence-corrected chi connectivity index (χ1v) is 10.0. The fourth-order valence-corrected chi connectivity index (χ4v) is 6.47. The summed E-state index contributed by atoms with van der Waals surface area (Å²) in [5.74, 6) is 0. The molecule has 0 unspecified atom stereocenters. The van der Waals surface area contributed by atoms with Gasteiger partial charge in [0.25, 0.3) is 0 Å². The summed E-state index contributed by atoms with van der Waals surface area (Å²) in [4.78, 5) is 2.58. The molecule has 2 heteroatoms. The normalized spacial score (nSPS) is 12.5. The van der Waals surface area contributed by atoms with Crippen LogP contribution in [0.1, 0.15) is 48.5 Å². The Hall–Kier alpha value is -1.25. The van der Waals surface area contributed by atoms with E-state index in [0.29, 0.717) is 0 Å². The Balaban J connectivity index is 0.00000127. The van der Waals surface area contributed by atoms with Crippen molar-refractivity contribution in [2.45, 2.75) is 69.1 Å². The Labute approximate surface area is 144 Å². The summed E-state index contributed by atoms with van der Waals surface area (Å²) in [6.07, 6.45) is 0.180. The molecule has 2 rings (SSSR count). The molecule has 0 aromatic heterocycles. The number of benzene rings is 2. The van der Waals surface area contributed by atoms with Gasteiger partial charge in [-0.05, 0) is 58.9 Å². The number of rotatable bonds is 4. The van der Waals surface area contributed by atoms with Gasteiger partial charge in [0.1, 0.15) is 0 Å². The molecule has 0 N–H and O–H groups in total. The monoisotopic (exact) mass is 332 g/mol. The summed E-state index contributed by atoms with van der Waals surface area (Å²) < 4.78 is 6.67. The van der Waals surface area contributed by atoms with Crippen LogP contribution in [0.4, 0.5) is 0 Å². The van der Waals surface area contributed by atoms with Crippen molar-refractivity contribution in [3.05, 3.63) is 60.7 Å². The largest absolute Gasteiger partial charge is 0.325 e. The minimum atomic E-state index is -1.57. The predicted octanol–water partition coefficient (Wildman–Crippen LogP) is 7.07. The molecule has 1 nitrogen and oxygen atoms in total. The van der Waals surface area contributed by atoms with Crippen LogP contribution < -0.4 is 0 Å². The van der Waals surface area contributed by atoms with Crippen LogP contribution in [0.5, 0.6) is 0 Å². The summed E-state index contributed by atoms with van der Waals surface area (Å²) >= 11 is 0. The van der Waals surface area contributed by atoms with Gasteiger partial charge >= 0.3 is 0 Å². The van der Waals surface area contributed by atoms with E-state index in [0.717, 1.165) is 0 Å². The summed E-state index contributed by atoms with van der Waals surface area (Å²) in [6, 6.07) is 21.4. The van der Waals surface area contributed by atoms with Crippen molar-refractivity contribution in [3.63, 3.8) is 0 Å². The lowest BCUT2D eigenvalue weighted by atomic mass is 10.3. The van der Waals surface area contributed by atoms with Crippen molar-refractivity contribution in [2.24, 2.45) is 0 Å². The number of hydrogen-bond donors (Lipinski definition) is 0. The lowest BCUT2D eigenvalue weighted by Crippen LogP contribution is -2.29. The fourth-order valence-electron chi connectivity index (χ4n) is 2.61. The maximum atomic E-state index is 6.66. The van der Waals surface area contributed by atoms with E-state index >= 15 is 0 Å². The Kier molecular flexibility index (Phi) is 7.37. The maximum absolute atomic E-state index is 6.66. The van der Waals surface area contributed by atoms with Gasteiger partial charge in [-0.3, -0.25) is 0 Å². The molecular weight excluding hydrogens is 300 g/mol. The zero-order valence-corrected chi connectivity index (χ0v) is 16.5. The molecule has 0 saturated carbocycles. The predicted molar refractivity (Wildman–Crippen MR) is 104 cm³/mol. The van der Waals surface area contributed by atoms with E-state index in [2.05, 4.69) is 95.3 Å². The van der Waals surface area contributed by atoms with Gasteiger partial charge in [0.2, 0.25) is 0 Å². The van der Waals surface area contributed by atoms with Gasteiger partial charge in [-0.2, -0.15) is 0 Å². The molecule has 23 heavy (non-hydrogen) atoms. The van der Waals surface area contributed by atoms with Gasteiger partial charge in [-0.15, -0.1) is 0 Å². The molecule has 0 heterocycles. The van der Waals surface area contributed by atoms with Crippen molar-refractivity contribution in [2.75, 3.05) is 0 Å². The zero-order chi connectivity index (χ0) is 17.5. The minimum absolute atomic E-state index is 0.0139. The standard InChI is InChI=1S/C19H26OS.C2H6/c1-16(2)20-21(19(3,4)5,17-12-8-6-9-13-17)18-14-10-7-11-15-18;1-2/h6-16H,1-5H3;1-2H3. The first-order chi connectivity index (χ1) is 10.9. The molecule has 0 aliphatic heterocycles. The van der Waals surface area contributed by atoms with Crippen molar-refractivity contribution in [1.29, 1.82) is 0 Å². The van der Waals surface area contributed by atoms with E-state index in [9.17, 15) is 0 Å². The summed E-state index contributed by atoms with van der Waals surface area (Å²) in [7, 11) is -1.57. The van der Waals surface area contributed by atoms with E-state index in [1.165, 1.54) is 9.79 Å². The van der Waals surface area contributed by atoms with Gasteiger partial charge in [0, 0.05) is 14.5 Å². The van der Waals surface area contributed by atoms with Gasteiger partial charge < -0.3 is 4.18 Å². The zero-order valence-electron chi connectivity index (χ0n) is 15.7. The lowest BCUT2D eigenvalue weighted by Gasteiger charge is -2.51. The molecule has 0 saturated heterocycles. The highest BCUT2D eigenvalue weighted by Gasteiger charge is 2.41. The molecule has 0 spiro atoms. The Morgan fingerprint density at radius 1 is 0.739 bits per heavy atom. The Morgan fingerprint density at radius 2 is 1.09 bits per heavy atom. The van der Waals surface area contributed by atoms with Crippen LogP contribution in [-0.4, -0.2) is 10.9 Å². The second kappa shape index (κ2) is 8.56. The van der Waals surface area contributed by atoms with Crippen molar-refractivity contribution in [3.8, 4) is 0 Å². The van der Waals surface area contributed by atoms with E-state index in [-0.39, 0.29) is 10.9 Å². The third-order valence-corrected chi connectivity index (χ3v) is 7.62. The van der Waals surface area contributed by atoms with Crippen LogP contribution in [0.25, 0.3) is 0 Å². The highest BCUT2D eigenvalue weighted by molar-refractivity contribution is 8.31. The maximum Gasteiger partial charge on any atom is 0.0653 e. The van der Waals surface area contributed by atoms with Crippen LogP contribution >= 0.6 is 10.3 Å². The highest BCUT2D eigenvalue weighted by atomic mass is 32.3. The molecule has 0 radical (unpaired) electrons. The van der Waals surface area contributed by atoms with Gasteiger partial charge in [0.15, 0.2) is 0 Å². The third kappa shape index (κ3) is 4.39. The van der Waals surface area contributed by atoms with Crippen LogP contribution in [0.2, 0.25) is 0 Å². The van der Waals surface area contributed by atoms with E-state index in [1.54, 1.807) is 0 Å². The summed E-state index contributed by atoms with van der Waals surface area (Å²) in [6.45, 7) is 15.1.